The molecule has 1 fully saturated rings. The summed E-state index contributed by atoms with van der Waals surface area (Å²) in [4.78, 5) is 2.46. The first-order chi connectivity index (χ1) is 9.27. The van der Waals surface area contributed by atoms with Gasteiger partial charge in [-0.2, -0.15) is 0 Å². The average molecular weight is 261 g/mol. The molecule has 1 unspecified atom stereocenters. The van der Waals surface area contributed by atoms with E-state index in [9.17, 15) is 5.11 Å². The third-order valence-corrected chi connectivity index (χ3v) is 4.39. The van der Waals surface area contributed by atoms with Crippen molar-refractivity contribution in [2.45, 2.75) is 57.1 Å². The molecule has 2 heteroatoms. The van der Waals surface area contributed by atoms with Gasteiger partial charge in [0.2, 0.25) is 0 Å². The molecule has 0 radical (unpaired) electrons. The summed E-state index contributed by atoms with van der Waals surface area (Å²) in [5, 5.41) is 10.2. The molecule has 1 atom stereocenters. The summed E-state index contributed by atoms with van der Waals surface area (Å²) in [6.45, 7) is 0.987. The van der Waals surface area contributed by atoms with Crippen LogP contribution in [0, 0.1) is 0 Å². The van der Waals surface area contributed by atoms with Crippen molar-refractivity contribution in [3.05, 3.63) is 35.9 Å². The zero-order valence-electron chi connectivity index (χ0n) is 12.1. The minimum Gasteiger partial charge on any atom is -0.388 e. The van der Waals surface area contributed by atoms with Crippen LogP contribution in [-0.4, -0.2) is 29.6 Å². The predicted octanol–water partition coefficient (Wildman–Crippen LogP) is 3.76. The summed E-state index contributed by atoms with van der Waals surface area (Å²) >= 11 is 0. The summed E-state index contributed by atoms with van der Waals surface area (Å²) in [6.07, 6.45) is 8.71. The molecule has 1 aromatic carbocycles. The largest absolute Gasteiger partial charge is 0.388 e. The molecule has 2 rings (SSSR count). The van der Waals surface area contributed by atoms with E-state index in [1.807, 2.05) is 30.3 Å². The van der Waals surface area contributed by atoms with E-state index in [4.69, 9.17) is 0 Å². The van der Waals surface area contributed by atoms with E-state index in [0.29, 0.717) is 0 Å². The van der Waals surface area contributed by atoms with Crippen molar-refractivity contribution in [3.8, 4) is 0 Å². The second-order valence-electron chi connectivity index (χ2n) is 5.84. The van der Waals surface area contributed by atoms with Crippen molar-refractivity contribution in [1.82, 2.24) is 4.90 Å². The van der Waals surface area contributed by atoms with Gasteiger partial charge in [-0.15, -0.1) is 0 Å². The lowest BCUT2D eigenvalue weighted by Crippen LogP contribution is -2.32. The highest BCUT2D eigenvalue weighted by atomic mass is 16.3. The molecule has 1 aromatic rings. The number of benzene rings is 1. The number of nitrogens with zero attached hydrogens (tertiary/aromatic N) is 1. The summed E-state index contributed by atoms with van der Waals surface area (Å²) in [5.74, 6) is 0. The zero-order chi connectivity index (χ0) is 13.5. The third kappa shape index (κ3) is 4.63. The molecule has 19 heavy (non-hydrogen) atoms. The Labute approximate surface area is 117 Å². The van der Waals surface area contributed by atoms with Crippen LogP contribution in [0.25, 0.3) is 0 Å². The quantitative estimate of drug-likeness (QED) is 0.816. The van der Waals surface area contributed by atoms with Crippen LogP contribution in [0.1, 0.15) is 56.6 Å². The van der Waals surface area contributed by atoms with E-state index in [-0.39, 0.29) is 6.10 Å². The lowest BCUT2D eigenvalue weighted by molar-refractivity contribution is 0.132. The van der Waals surface area contributed by atoms with Crippen LogP contribution in [-0.2, 0) is 0 Å². The fourth-order valence-corrected chi connectivity index (χ4v) is 3.05. The van der Waals surface area contributed by atoms with Crippen molar-refractivity contribution in [2.75, 3.05) is 13.6 Å². The first kappa shape index (κ1) is 14.5. The summed E-state index contributed by atoms with van der Waals surface area (Å²) < 4.78 is 0. The monoisotopic (exact) mass is 261 g/mol. The second kappa shape index (κ2) is 7.66. The lowest BCUT2D eigenvalue weighted by atomic mass is 10.0. The molecule has 0 bridgehead atoms. The van der Waals surface area contributed by atoms with E-state index in [1.54, 1.807) is 0 Å². The molecule has 0 aliphatic heterocycles. The minimum atomic E-state index is -0.325. The summed E-state index contributed by atoms with van der Waals surface area (Å²) in [7, 11) is 2.22. The highest BCUT2D eigenvalue weighted by molar-refractivity contribution is 5.17. The molecule has 0 aromatic heterocycles. The molecule has 1 N–H and O–H groups in total. The number of hydrogen-bond donors (Lipinski definition) is 1. The fraction of sp³-hybridized carbons (Fsp3) is 0.647. The number of aliphatic hydroxyl groups is 1. The van der Waals surface area contributed by atoms with Crippen LogP contribution in [0.5, 0.6) is 0 Å². The van der Waals surface area contributed by atoms with Gasteiger partial charge in [0.05, 0.1) is 6.10 Å². The van der Waals surface area contributed by atoms with Crippen molar-refractivity contribution < 1.29 is 5.11 Å². The van der Waals surface area contributed by atoms with E-state index < -0.39 is 0 Å². The van der Waals surface area contributed by atoms with Crippen LogP contribution in [0.3, 0.4) is 0 Å². The molecular formula is C17H27NO. The van der Waals surface area contributed by atoms with Gasteiger partial charge in [0.15, 0.2) is 0 Å². The van der Waals surface area contributed by atoms with Gasteiger partial charge in [-0.3, -0.25) is 0 Å². The van der Waals surface area contributed by atoms with E-state index >= 15 is 0 Å². The van der Waals surface area contributed by atoms with Gasteiger partial charge in [-0.05, 0) is 31.9 Å². The molecule has 1 aliphatic carbocycles. The maximum atomic E-state index is 10.2. The van der Waals surface area contributed by atoms with Crippen molar-refractivity contribution in [2.24, 2.45) is 0 Å². The predicted molar refractivity (Wildman–Crippen MR) is 80.1 cm³/mol. The maximum Gasteiger partial charge on any atom is 0.0802 e. The third-order valence-electron chi connectivity index (χ3n) is 4.39. The molecule has 0 saturated heterocycles. The molecule has 0 spiro atoms. The fourth-order valence-electron chi connectivity index (χ4n) is 3.05. The SMILES string of the molecule is CN(CCC(O)c1ccccc1)C1CCCCCC1. The van der Waals surface area contributed by atoms with E-state index in [2.05, 4.69) is 11.9 Å². The maximum absolute atomic E-state index is 10.2. The van der Waals surface area contributed by atoms with E-state index in [0.717, 1.165) is 24.6 Å². The Hall–Kier alpha value is -0.860. The van der Waals surface area contributed by atoms with Gasteiger partial charge in [-0.25, -0.2) is 0 Å². The Morgan fingerprint density at radius 2 is 1.74 bits per heavy atom. The van der Waals surface area contributed by atoms with Gasteiger partial charge in [-0.1, -0.05) is 56.0 Å². The Balaban J connectivity index is 1.77. The first-order valence-electron chi connectivity index (χ1n) is 7.70. The minimum absolute atomic E-state index is 0.325. The highest BCUT2D eigenvalue weighted by Crippen LogP contribution is 2.22. The summed E-state index contributed by atoms with van der Waals surface area (Å²) in [5.41, 5.74) is 1.04. The Bertz CT molecular complexity index is 344. The Morgan fingerprint density at radius 3 is 2.37 bits per heavy atom. The molecule has 106 valence electrons. The molecular weight excluding hydrogens is 234 g/mol. The number of rotatable bonds is 5. The van der Waals surface area contributed by atoms with Crippen LogP contribution >= 0.6 is 0 Å². The normalized spacial score (nSPS) is 19.3. The van der Waals surface area contributed by atoms with Crippen LogP contribution in [0.15, 0.2) is 30.3 Å². The topological polar surface area (TPSA) is 23.5 Å². The number of hydrogen-bond acceptors (Lipinski definition) is 2. The van der Waals surface area contributed by atoms with Crippen molar-refractivity contribution in [3.63, 3.8) is 0 Å². The van der Waals surface area contributed by atoms with Gasteiger partial charge in [0.25, 0.3) is 0 Å². The smallest absolute Gasteiger partial charge is 0.0802 e. The van der Waals surface area contributed by atoms with Crippen molar-refractivity contribution in [1.29, 1.82) is 0 Å². The Kier molecular flexibility index (Phi) is 5.87. The Morgan fingerprint density at radius 1 is 1.11 bits per heavy atom. The van der Waals surface area contributed by atoms with Crippen LogP contribution in [0.2, 0.25) is 0 Å². The number of aliphatic hydroxyl groups excluding tert-OH is 1. The zero-order valence-corrected chi connectivity index (χ0v) is 12.1. The summed E-state index contributed by atoms with van der Waals surface area (Å²) in [6, 6.07) is 10.7. The van der Waals surface area contributed by atoms with Gasteiger partial charge >= 0.3 is 0 Å². The van der Waals surface area contributed by atoms with Crippen LogP contribution in [0.4, 0.5) is 0 Å². The standard InChI is InChI=1S/C17H27NO/c1-18(16-11-7-2-3-8-12-16)14-13-17(19)15-9-5-4-6-10-15/h4-6,9-10,16-17,19H,2-3,7-8,11-14H2,1H3. The van der Waals surface area contributed by atoms with E-state index in [1.165, 1.54) is 38.5 Å². The first-order valence-corrected chi connectivity index (χ1v) is 7.70. The molecule has 0 heterocycles. The molecule has 1 aliphatic rings. The molecule has 2 nitrogen and oxygen atoms in total. The van der Waals surface area contributed by atoms with Crippen molar-refractivity contribution >= 4 is 0 Å². The second-order valence-corrected chi connectivity index (χ2v) is 5.84. The van der Waals surface area contributed by atoms with Gasteiger partial charge in [0, 0.05) is 12.6 Å². The molecule has 1 saturated carbocycles. The van der Waals surface area contributed by atoms with Gasteiger partial charge < -0.3 is 10.0 Å². The molecule has 0 amide bonds. The highest BCUT2D eigenvalue weighted by Gasteiger charge is 2.17. The van der Waals surface area contributed by atoms with Crippen LogP contribution < -0.4 is 0 Å². The lowest BCUT2D eigenvalue weighted by Gasteiger charge is -2.27. The van der Waals surface area contributed by atoms with Gasteiger partial charge in [0.1, 0.15) is 0 Å². The average Bonchev–Trinajstić information content (AvgIpc) is 2.74.